The fourth-order valence-electron chi connectivity index (χ4n) is 3.65. The summed E-state index contributed by atoms with van der Waals surface area (Å²) in [5.41, 5.74) is 3.97. The van der Waals surface area contributed by atoms with Crippen molar-refractivity contribution in [1.29, 1.82) is 0 Å². The quantitative estimate of drug-likeness (QED) is 0.604. The van der Waals surface area contributed by atoms with E-state index in [1.807, 2.05) is 18.2 Å². The molecule has 0 atom stereocenters. The fourth-order valence-corrected chi connectivity index (χ4v) is 3.65. The number of hydrogen-bond acceptors (Lipinski definition) is 5. The van der Waals surface area contributed by atoms with Crippen LogP contribution < -0.4 is 15.1 Å². The predicted molar refractivity (Wildman–Crippen MR) is 103 cm³/mol. The normalized spacial score (nSPS) is 13.1. The van der Waals surface area contributed by atoms with Gasteiger partial charge >= 0.3 is 0 Å². The Kier molecular flexibility index (Phi) is 3.50. The minimum atomic E-state index is -0.0434. The number of aromatic nitrogens is 2. The van der Waals surface area contributed by atoms with Crippen LogP contribution in [0, 0.1) is 0 Å². The average molecular weight is 359 g/mol. The number of pyridine rings is 1. The third-order valence-corrected chi connectivity index (χ3v) is 5.01. The number of methoxy groups -OCH3 is 1. The van der Waals surface area contributed by atoms with Gasteiger partial charge in [0.1, 0.15) is 11.6 Å². The van der Waals surface area contributed by atoms with Crippen LogP contribution in [0.3, 0.4) is 0 Å². The van der Waals surface area contributed by atoms with Crippen molar-refractivity contribution in [2.45, 2.75) is 13.1 Å². The molecule has 5 rings (SSSR count). The molecule has 0 saturated heterocycles. The van der Waals surface area contributed by atoms with Crippen molar-refractivity contribution in [3.8, 4) is 17.1 Å². The lowest BCUT2D eigenvalue weighted by molar-refractivity contribution is 0.415. The lowest BCUT2D eigenvalue weighted by Crippen LogP contribution is -2.18. The number of oxazole rings is 1. The van der Waals surface area contributed by atoms with Crippen LogP contribution >= 0.6 is 0 Å². The summed E-state index contributed by atoms with van der Waals surface area (Å²) in [5, 5.41) is 0.586. The maximum atomic E-state index is 12.8. The molecule has 0 saturated carbocycles. The molecule has 0 bridgehead atoms. The Morgan fingerprint density at radius 1 is 1.15 bits per heavy atom. The molecule has 134 valence electrons. The monoisotopic (exact) mass is 359 g/mol. The van der Waals surface area contributed by atoms with E-state index in [2.05, 4.69) is 27.0 Å². The summed E-state index contributed by atoms with van der Waals surface area (Å²) in [6.07, 6.45) is 2.96. The third-order valence-electron chi connectivity index (χ3n) is 5.01. The highest BCUT2D eigenvalue weighted by Gasteiger charge is 2.20. The second kappa shape index (κ2) is 6.02. The molecule has 0 radical (unpaired) electrons. The standard InChI is InChI=1S/C21H17N3O3/c1-26-19-7-17-15(6-16(19)20-9-22-12-27-20)18(25)8-21(23-17)24-10-13-4-2-3-5-14(13)11-24/h2-9,12H,10-11H2,1H3,(H,23,25). The summed E-state index contributed by atoms with van der Waals surface area (Å²) in [6.45, 7) is 1.57. The van der Waals surface area contributed by atoms with Crippen molar-refractivity contribution in [3.63, 3.8) is 0 Å². The maximum Gasteiger partial charge on any atom is 0.191 e. The van der Waals surface area contributed by atoms with Crippen LogP contribution in [0.25, 0.3) is 22.2 Å². The Morgan fingerprint density at radius 2 is 1.93 bits per heavy atom. The molecule has 1 N–H and O–H groups in total. The SMILES string of the molecule is COc1cc2[nH]c(N3Cc4ccccc4C3)cc(=O)c2cc1-c1cnco1. The summed E-state index contributed by atoms with van der Waals surface area (Å²) in [7, 11) is 1.60. The van der Waals surface area contributed by atoms with Crippen molar-refractivity contribution in [2.75, 3.05) is 12.0 Å². The smallest absolute Gasteiger partial charge is 0.191 e. The Hall–Kier alpha value is -3.54. The van der Waals surface area contributed by atoms with Gasteiger partial charge in [0.2, 0.25) is 0 Å². The minimum absolute atomic E-state index is 0.0434. The largest absolute Gasteiger partial charge is 0.496 e. The number of ether oxygens (including phenoxy) is 1. The molecular formula is C21H17N3O3. The number of nitrogens with zero attached hydrogens (tertiary/aromatic N) is 2. The molecule has 6 heteroatoms. The summed E-state index contributed by atoms with van der Waals surface area (Å²) in [4.78, 5) is 22.3. The number of aromatic amines is 1. The molecule has 0 aliphatic carbocycles. The van der Waals surface area contributed by atoms with Crippen molar-refractivity contribution in [2.24, 2.45) is 0 Å². The number of hydrogen-bond donors (Lipinski definition) is 1. The van der Waals surface area contributed by atoms with E-state index in [-0.39, 0.29) is 5.43 Å². The summed E-state index contributed by atoms with van der Waals surface area (Å²) >= 11 is 0. The third kappa shape index (κ3) is 2.57. The first-order valence-corrected chi connectivity index (χ1v) is 8.68. The van der Waals surface area contributed by atoms with Crippen LogP contribution in [0.2, 0.25) is 0 Å². The van der Waals surface area contributed by atoms with E-state index in [0.29, 0.717) is 22.5 Å². The molecule has 0 unspecified atom stereocenters. The second-order valence-corrected chi connectivity index (χ2v) is 6.61. The number of rotatable bonds is 3. The average Bonchev–Trinajstić information content (AvgIpc) is 3.36. The van der Waals surface area contributed by atoms with Crippen molar-refractivity contribution >= 4 is 16.7 Å². The fraction of sp³-hybridized carbons (Fsp3) is 0.143. The van der Waals surface area contributed by atoms with Gasteiger partial charge < -0.3 is 19.0 Å². The van der Waals surface area contributed by atoms with E-state index in [0.717, 1.165) is 24.4 Å². The Morgan fingerprint density at radius 3 is 2.59 bits per heavy atom. The zero-order chi connectivity index (χ0) is 18.4. The molecule has 0 fully saturated rings. The van der Waals surface area contributed by atoms with Gasteiger partial charge in [-0.25, -0.2) is 4.98 Å². The zero-order valence-corrected chi connectivity index (χ0v) is 14.7. The molecule has 0 spiro atoms. The van der Waals surface area contributed by atoms with Crippen LogP contribution in [0.5, 0.6) is 5.75 Å². The van der Waals surface area contributed by atoms with Crippen LogP contribution in [0.4, 0.5) is 5.82 Å². The molecule has 1 aliphatic heterocycles. The number of H-pyrrole nitrogens is 1. The van der Waals surface area contributed by atoms with Crippen molar-refractivity contribution < 1.29 is 9.15 Å². The molecular weight excluding hydrogens is 342 g/mol. The van der Waals surface area contributed by atoms with E-state index in [9.17, 15) is 4.79 Å². The number of anilines is 1. The van der Waals surface area contributed by atoms with E-state index in [1.54, 1.807) is 25.4 Å². The summed E-state index contributed by atoms with van der Waals surface area (Å²) < 4.78 is 10.9. The predicted octanol–water partition coefficient (Wildman–Crippen LogP) is 3.71. The molecule has 4 aromatic rings. The van der Waals surface area contributed by atoms with Gasteiger partial charge in [0.25, 0.3) is 0 Å². The van der Waals surface area contributed by atoms with Gasteiger partial charge in [0, 0.05) is 30.6 Å². The zero-order valence-electron chi connectivity index (χ0n) is 14.7. The number of fused-ring (bicyclic) bond motifs is 2. The topological polar surface area (TPSA) is 71.4 Å². The minimum Gasteiger partial charge on any atom is -0.496 e. The molecule has 2 aromatic heterocycles. The van der Waals surface area contributed by atoms with Gasteiger partial charge in [-0.1, -0.05) is 24.3 Å². The van der Waals surface area contributed by atoms with Gasteiger partial charge in [-0.05, 0) is 17.2 Å². The maximum absolute atomic E-state index is 12.8. The Bertz CT molecular complexity index is 1170. The Balaban J connectivity index is 1.62. The van der Waals surface area contributed by atoms with E-state index in [4.69, 9.17) is 9.15 Å². The summed E-state index contributed by atoms with van der Waals surface area (Å²) in [5.74, 6) is 1.99. The molecule has 1 aliphatic rings. The van der Waals surface area contributed by atoms with Crippen molar-refractivity contribution in [3.05, 3.63) is 76.4 Å². The summed E-state index contributed by atoms with van der Waals surface area (Å²) in [6, 6.07) is 13.6. The van der Waals surface area contributed by atoms with Crippen LogP contribution in [0.15, 0.2) is 64.3 Å². The molecule has 3 heterocycles. The first-order chi connectivity index (χ1) is 13.2. The van der Waals surface area contributed by atoms with E-state index >= 15 is 0 Å². The molecule has 0 amide bonds. The van der Waals surface area contributed by atoms with Crippen molar-refractivity contribution in [1.82, 2.24) is 9.97 Å². The highest BCUT2D eigenvalue weighted by atomic mass is 16.5. The van der Waals surface area contributed by atoms with Crippen LogP contribution in [-0.4, -0.2) is 17.1 Å². The lowest BCUT2D eigenvalue weighted by atomic mass is 10.1. The number of nitrogens with one attached hydrogen (secondary N) is 1. The highest BCUT2D eigenvalue weighted by molar-refractivity contribution is 5.88. The second-order valence-electron chi connectivity index (χ2n) is 6.61. The van der Waals surface area contributed by atoms with Crippen LogP contribution in [-0.2, 0) is 13.1 Å². The van der Waals surface area contributed by atoms with Gasteiger partial charge in [-0.2, -0.15) is 0 Å². The van der Waals surface area contributed by atoms with Gasteiger partial charge in [-0.3, -0.25) is 4.79 Å². The van der Waals surface area contributed by atoms with Crippen LogP contribution in [0.1, 0.15) is 11.1 Å². The van der Waals surface area contributed by atoms with E-state index < -0.39 is 0 Å². The molecule has 6 nitrogen and oxygen atoms in total. The van der Waals surface area contributed by atoms with Gasteiger partial charge in [0.15, 0.2) is 17.6 Å². The van der Waals surface area contributed by atoms with Gasteiger partial charge in [0.05, 0.1) is 24.4 Å². The first kappa shape index (κ1) is 15.7. The highest BCUT2D eigenvalue weighted by Crippen LogP contribution is 2.34. The molecule has 27 heavy (non-hydrogen) atoms. The lowest BCUT2D eigenvalue weighted by Gasteiger charge is -2.18. The Labute approximate surface area is 155 Å². The van der Waals surface area contributed by atoms with E-state index in [1.165, 1.54) is 17.5 Å². The number of benzene rings is 2. The molecule has 2 aromatic carbocycles. The van der Waals surface area contributed by atoms with Gasteiger partial charge in [-0.15, -0.1) is 0 Å². The first-order valence-electron chi connectivity index (χ1n) is 8.68.